The van der Waals surface area contributed by atoms with E-state index in [0.29, 0.717) is 0 Å². The van der Waals surface area contributed by atoms with Crippen molar-refractivity contribution in [1.82, 2.24) is 4.98 Å². The summed E-state index contributed by atoms with van der Waals surface area (Å²) in [4.78, 5) is 23.7. The molecule has 6 heteroatoms. The van der Waals surface area contributed by atoms with Gasteiger partial charge in [0.2, 0.25) is 0 Å². The molecule has 0 bridgehead atoms. The quantitative estimate of drug-likeness (QED) is 0.707. The number of esters is 1. The number of hydrogen-bond acceptors (Lipinski definition) is 3. The highest BCUT2D eigenvalue weighted by Crippen LogP contribution is 2.17. The van der Waals surface area contributed by atoms with E-state index in [2.05, 4.69) is 9.72 Å². The zero-order valence-corrected chi connectivity index (χ0v) is 7.38. The predicted octanol–water partition coefficient (Wildman–Crippen LogP) is 1.15. The molecule has 0 fully saturated rings. The third-order valence-electron chi connectivity index (χ3n) is 1.39. The summed E-state index contributed by atoms with van der Waals surface area (Å²) in [7, 11) is 1.18. The van der Waals surface area contributed by atoms with Gasteiger partial charge in [0.15, 0.2) is 0 Å². The number of halogens is 1. The zero-order valence-electron chi connectivity index (χ0n) is 6.63. The van der Waals surface area contributed by atoms with Crippen molar-refractivity contribution < 1.29 is 19.4 Å². The van der Waals surface area contributed by atoms with E-state index in [0.717, 1.165) is 6.07 Å². The molecular weight excluding hydrogens is 198 g/mol. The molecule has 1 aromatic heterocycles. The van der Waals surface area contributed by atoms with Crippen LogP contribution in [0.3, 0.4) is 0 Å². The van der Waals surface area contributed by atoms with Crippen molar-refractivity contribution in [2.75, 3.05) is 7.11 Å². The number of carboxylic acids is 1. The Labute approximate surface area is 78.3 Å². The van der Waals surface area contributed by atoms with Crippen molar-refractivity contribution in [3.05, 3.63) is 22.5 Å². The molecule has 0 radical (unpaired) electrons. The summed E-state index contributed by atoms with van der Waals surface area (Å²) < 4.78 is 4.36. The van der Waals surface area contributed by atoms with E-state index in [-0.39, 0.29) is 16.4 Å². The maximum absolute atomic E-state index is 10.9. The fourth-order valence-electron chi connectivity index (χ4n) is 0.795. The second-order valence-electron chi connectivity index (χ2n) is 2.20. The average molecular weight is 204 g/mol. The first-order valence-electron chi connectivity index (χ1n) is 3.26. The number of H-pyrrole nitrogens is 1. The Hall–Kier alpha value is -1.49. The number of nitrogens with one attached hydrogen (secondary N) is 1. The van der Waals surface area contributed by atoms with Crippen LogP contribution >= 0.6 is 11.6 Å². The zero-order chi connectivity index (χ0) is 10.0. The molecule has 0 amide bonds. The van der Waals surface area contributed by atoms with E-state index >= 15 is 0 Å². The first kappa shape index (κ1) is 9.60. The lowest BCUT2D eigenvalue weighted by Crippen LogP contribution is -2.03. The monoisotopic (exact) mass is 203 g/mol. The molecule has 0 unspecified atom stereocenters. The number of carbonyl (C=O) groups excluding carboxylic acids is 1. The molecular formula is C7H6ClNO4. The standard InChI is InChI=1S/C7H6ClNO4/c1-13-7(12)5-3(8)2-4(9-5)6(10)11/h2,9H,1H3,(H,10,11). The fourth-order valence-corrected chi connectivity index (χ4v) is 1.03. The average Bonchev–Trinajstić information content (AvgIpc) is 2.46. The molecule has 0 saturated carbocycles. The van der Waals surface area contributed by atoms with Gasteiger partial charge in [-0.3, -0.25) is 0 Å². The van der Waals surface area contributed by atoms with Gasteiger partial charge in [-0.25, -0.2) is 9.59 Å². The summed E-state index contributed by atoms with van der Waals surface area (Å²) in [6, 6.07) is 1.15. The van der Waals surface area contributed by atoms with Gasteiger partial charge >= 0.3 is 11.9 Å². The van der Waals surface area contributed by atoms with Crippen LogP contribution in [0, 0.1) is 0 Å². The number of carbonyl (C=O) groups is 2. The van der Waals surface area contributed by atoms with Gasteiger partial charge in [-0.05, 0) is 6.07 Å². The third kappa shape index (κ3) is 1.81. The van der Waals surface area contributed by atoms with Crippen molar-refractivity contribution in [1.29, 1.82) is 0 Å². The summed E-state index contributed by atoms with van der Waals surface area (Å²) in [5.74, 6) is -1.88. The Bertz CT molecular complexity index is 357. The Morgan fingerprint density at radius 2 is 2.23 bits per heavy atom. The largest absolute Gasteiger partial charge is 0.477 e. The van der Waals surface area contributed by atoms with Crippen LogP contribution in [0.4, 0.5) is 0 Å². The lowest BCUT2D eigenvalue weighted by Gasteiger charge is -1.94. The number of carboxylic acid groups (broad SMARTS) is 1. The summed E-state index contributed by atoms with van der Waals surface area (Å²) in [5.41, 5.74) is -0.202. The molecule has 0 aliphatic rings. The van der Waals surface area contributed by atoms with Crippen molar-refractivity contribution in [2.45, 2.75) is 0 Å². The molecule has 0 aliphatic heterocycles. The molecule has 2 N–H and O–H groups in total. The number of ether oxygens (including phenoxy) is 1. The molecule has 0 saturated heterocycles. The summed E-state index contributed by atoms with van der Waals surface area (Å²) in [5, 5.41) is 8.57. The third-order valence-corrected chi connectivity index (χ3v) is 1.69. The van der Waals surface area contributed by atoms with Crippen LogP contribution in [-0.4, -0.2) is 29.1 Å². The first-order valence-corrected chi connectivity index (χ1v) is 3.64. The second-order valence-corrected chi connectivity index (χ2v) is 2.61. The molecule has 1 rings (SSSR count). The van der Waals surface area contributed by atoms with Crippen molar-refractivity contribution >= 4 is 23.5 Å². The van der Waals surface area contributed by atoms with Crippen LogP contribution in [0.15, 0.2) is 6.07 Å². The Kier molecular flexibility index (Phi) is 2.57. The maximum Gasteiger partial charge on any atom is 0.356 e. The SMILES string of the molecule is COC(=O)c1[nH]c(C(=O)O)cc1Cl. The molecule has 70 valence electrons. The van der Waals surface area contributed by atoms with Gasteiger partial charge in [-0.2, -0.15) is 0 Å². The number of hydrogen-bond donors (Lipinski definition) is 2. The number of aromatic carboxylic acids is 1. The van der Waals surface area contributed by atoms with Gasteiger partial charge in [0.05, 0.1) is 12.1 Å². The minimum atomic E-state index is -1.18. The molecule has 0 atom stereocenters. The molecule has 0 aromatic carbocycles. The predicted molar refractivity (Wildman–Crippen MR) is 44.1 cm³/mol. The van der Waals surface area contributed by atoms with Crippen molar-refractivity contribution in [3.8, 4) is 0 Å². The summed E-state index contributed by atoms with van der Waals surface area (Å²) >= 11 is 5.57. The van der Waals surface area contributed by atoms with Crippen LogP contribution in [0.25, 0.3) is 0 Å². The molecule has 1 heterocycles. The van der Waals surface area contributed by atoms with Gasteiger partial charge in [0.1, 0.15) is 11.4 Å². The minimum absolute atomic E-state index is 0.0317. The summed E-state index contributed by atoms with van der Waals surface area (Å²) in [6.45, 7) is 0. The Morgan fingerprint density at radius 1 is 1.62 bits per heavy atom. The van der Waals surface area contributed by atoms with Gasteiger partial charge < -0.3 is 14.8 Å². The number of rotatable bonds is 2. The first-order chi connectivity index (χ1) is 6.06. The number of methoxy groups -OCH3 is 1. The number of aromatic amines is 1. The van der Waals surface area contributed by atoms with E-state index < -0.39 is 11.9 Å². The van der Waals surface area contributed by atoms with Crippen molar-refractivity contribution in [2.24, 2.45) is 0 Å². The molecule has 0 spiro atoms. The highest BCUT2D eigenvalue weighted by atomic mass is 35.5. The maximum atomic E-state index is 10.9. The fraction of sp³-hybridized carbons (Fsp3) is 0.143. The van der Waals surface area contributed by atoms with Crippen LogP contribution in [0.5, 0.6) is 0 Å². The van der Waals surface area contributed by atoms with Gasteiger partial charge in [0.25, 0.3) is 0 Å². The minimum Gasteiger partial charge on any atom is -0.477 e. The normalized spacial score (nSPS) is 9.69. The van der Waals surface area contributed by atoms with E-state index in [1.165, 1.54) is 7.11 Å². The summed E-state index contributed by atoms with van der Waals surface area (Å²) in [6.07, 6.45) is 0. The van der Waals surface area contributed by atoms with Crippen LogP contribution in [0.1, 0.15) is 21.0 Å². The van der Waals surface area contributed by atoms with Gasteiger partial charge in [0, 0.05) is 0 Å². The van der Waals surface area contributed by atoms with E-state index in [4.69, 9.17) is 16.7 Å². The van der Waals surface area contributed by atoms with Crippen LogP contribution in [0.2, 0.25) is 5.02 Å². The molecule has 13 heavy (non-hydrogen) atoms. The molecule has 1 aromatic rings. The highest BCUT2D eigenvalue weighted by Gasteiger charge is 2.17. The lowest BCUT2D eigenvalue weighted by atomic mass is 10.4. The van der Waals surface area contributed by atoms with Crippen molar-refractivity contribution in [3.63, 3.8) is 0 Å². The van der Waals surface area contributed by atoms with E-state index in [1.54, 1.807) is 0 Å². The topological polar surface area (TPSA) is 79.4 Å². The van der Waals surface area contributed by atoms with E-state index in [1.807, 2.05) is 0 Å². The second kappa shape index (κ2) is 3.49. The van der Waals surface area contributed by atoms with Crippen LogP contribution < -0.4 is 0 Å². The Balaban J connectivity index is 3.10. The highest BCUT2D eigenvalue weighted by molar-refractivity contribution is 6.33. The smallest absolute Gasteiger partial charge is 0.356 e. The molecule has 5 nitrogen and oxygen atoms in total. The van der Waals surface area contributed by atoms with Gasteiger partial charge in [-0.15, -0.1) is 0 Å². The molecule has 0 aliphatic carbocycles. The van der Waals surface area contributed by atoms with E-state index in [9.17, 15) is 9.59 Å². The van der Waals surface area contributed by atoms with Gasteiger partial charge in [-0.1, -0.05) is 11.6 Å². The number of aromatic nitrogens is 1. The van der Waals surface area contributed by atoms with Crippen LogP contribution in [-0.2, 0) is 4.74 Å². The Morgan fingerprint density at radius 3 is 2.62 bits per heavy atom. The lowest BCUT2D eigenvalue weighted by molar-refractivity contribution is 0.0595.